The van der Waals surface area contributed by atoms with Crippen LogP contribution in [0.3, 0.4) is 0 Å². The molecule has 0 spiro atoms. The van der Waals surface area contributed by atoms with E-state index in [4.69, 9.17) is 4.74 Å². The van der Waals surface area contributed by atoms with Gasteiger partial charge in [-0.2, -0.15) is 8.42 Å². The van der Waals surface area contributed by atoms with Crippen LogP contribution < -0.4 is 10.1 Å². The van der Waals surface area contributed by atoms with Crippen molar-refractivity contribution in [2.45, 2.75) is 18.4 Å². The predicted octanol–water partition coefficient (Wildman–Crippen LogP) is 2.42. The van der Waals surface area contributed by atoms with Gasteiger partial charge in [0.2, 0.25) is 0 Å². The first kappa shape index (κ1) is 19.9. The number of hydrogen-bond donors (Lipinski definition) is 1. The lowest BCUT2D eigenvalue weighted by Crippen LogP contribution is -2.48. The fraction of sp³-hybridized carbons (Fsp3) is 0.381. The Hall–Kier alpha value is -2.42. The van der Waals surface area contributed by atoms with Crippen LogP contribution >= 0.6 is 0 Å². The molecule has 0 aliphatic carbocycles. The summed E-state index contributed by atoms with van der Waals surface area (Å²) in [4.78, 5) is 4.89. The van der Waals surface area contributed by atoms with E-state index in [2.05, 4.69) is 31.6 Å². The molecule has 0 aromatic heterocycles. The third kappa shape index (κ3) is 4.77. The first-order valence-corrected chi connectivity index (χ1v) is 11.3. The molecule has 1 fully saturated rings. The van der Waals surface area contributed by atoms with E-state index < -0.39 is 10.0 Å². The van der Waals surface area contributed by atoms with E-state index in [9.17, 15) is 8.42 Å². The van der Waals surface area contributed by atoms with Crippen LogP contribution in [0.15, 0.2) is 57.8 Å². The SMILES string of the molecule is CCOc1ccc(CN2CCN(CC3=NS(=O)(=O)c4ccccc4N3)CC2)cc1. The lowest BCUT2D eigenvalue weighted by molar-refractivity contribution is 0.140. The highest BCUT2D eigenvalue weighted by atomic mass is 32.2. The Morgan fingerprint density at radius 3 is 2.31 bits per heavy atom. The van der Waals surface area contributed by atoms with Crippen LogP contribution in [-0.2, 0) is 16.6 Å². The van der Waals surface area contributed by atoms with Gasteiger partial charge in [-0.05, 0) is 36.8 Å². The molecule has 2 aliphatic heterocycles. The molecule has 0 bridgehead atoms. The van der Waals surface area contributed by atoms with E-state index in [1.54, 1.807) is 18.2 Å². The normalized spacial score (nSPS) is 19.1. The molecule has 0 unspecified atom stereocenters. The van der Waals surface area contributed by atoms with Crippen LogP contribution in [0.4, 0.5) is 5.69 Å². The number of nitrogens with one attached hydrogen (secondary N) is 1. The second kappa shape index (κ2) is 8.52. The number of hydrogen-bond acceptors (Lipinski definition) is 6. The van der Waals surface area contributed by atoms with E-state index in [1.807, 2.05) is 25.1 Å². The van der Waals surface area contributed by atoms with Crippen molar-refractivity contribution in [3.63, 3.8) is 0 Å². The Balaban J connectivity index is 1.31. The number of benzene rings is 2. The van der Waals surface area contributed by atoms with Gasteiger partial charge < -0.3 is 10.1 Å². The van der Waals surface area contributed by atoms with E-state index in [0.29, 0.717) is 24.7 Å². The number of nitrogens with zero attached hydrogens (tertiary/aromatic N) is 3. The number of sulfonamides is 1. The molecule has 0 atom stereocenters. The number of anilines is 1. The van der Waals surface area contributed by atoms with Crippen molar-refractivity contribution in [1.29, 1.82) is 0 Å². The third-order valence-corrected chi connectivity index (χ3v) is 6.53. The fourth-order valence-corrected chi connectivity index (χ4v) is 4.81. The van der Waals surface area contributed by atoms with Crippen molar-refractivity contribution in [2.75, 3.05) is 44.6 Å². The zero-order valence-electron chi connectivity index (χ0n) is 16.5. The monoisotopic (exact) mass is 414 g/mol. The van der Waals surface area contributed by atoms with E-state index in [1.165, 1.54) is 5.56 Å². The van der Waals surface area contributed by atoms with Gasteiger partial charge in [-0.15, -0.1) is 4.40 Å². The number of rotatable bonds is 6. The zero-order valence-corrected chi connectivity index (χ0v) is 17.4. The first-order chi connectivity index (χ1) is 14.0. The third-order valence-electron chi connectivity index (χ3n) is 5.15. The summed E-state index contributed by atoms with van der Waals surface area (Å²) in [6, 6.07) is 15.1. The summed E-state index contributed by atoms with van der Waals surface area (Å²) in [6.07, 6.45) is 0. The largest absolute Gasteiger partial charge is 0.494 e. The highest BCUT2D eigenvalue weighted by Crippen LogP contribution is 2.26. The van der Waals surface area contributed by atoms with Crippen molar-refractivity contribution in [3.8, 4) is 5.75 Å². The summed E-state index contributed by atoms with van der Waals surface area (Å²) < 4.78 is 34.2. The Bertz CT molecular complexity index is 981. The highest BCUT2D eigenvalue weighted by molar-refractivity contribution is 7.90. The number of piperazine rings is 1. The Kier molecular flexibility index (Phi) is 5.84. The van der Waals surface area contributed by atoms with Gasteiger partial charge in [0.05, 0.1) is 18.8 Å². The minimum Gasteiger partial charge on any atom is -0.494 e. The van der Waals surface area contributed by atoms with E-state index in [-0.39, 0.29) is 4.90 Å². The molecule has 2 heterocycles. The summed E-state index contributed by atoms with van der Waals surface area (Å²) >= 11 is 0. The molecule has 0 amide bonds. The lowest BCUT2D eigenvalue weighted by atomic mass is 10.2. The molecule has 29 heavy (non-hydrogen) atoms. The summed E-state index contributed by atoms with van der Waals surface area (Å²) in [5.41, 5.74) is 1.87. The molecule has 0 radical (unpaired) electrons. The standard InChI is InChI=1S/C21H26N4O3S/c1-2-28-18-9-7-17(8-10-18)15-24-11-13-25(14-12-24)16-21-22-19-5-3-4-6-20(19)29(26,27)23-21/h3-10H,2,11-16H2,1H3,(H,22,23). The van der Waals surface area contributed by atoms with Crippen LogP contribution in [-0.4, -0.2) is 63.4 Å². The van der Waals surface area contributed by atoms with Gasteiger partial charge in [0.1, 0.15) is 16.5 Å². The van der Waals surface area contributed by atoms with Crippen LogP contribution in [0.25, 0.3) is 0 Å². The first-order valence-electron chi connectivity index (χ1n) is 9.90. The average molecular weight is 415 g/mol. The molecule has 2 aromatic carbocycles. The summed E-state index contributed by atoms with van der Waals surface area (Å²) in [5, 5.41) is 3.17. The molecule has 154 valence electrons. The molecular formula is C21H26N4O3S. The van der Waals surface area contributed by atoms with Gasteiger partial charge in [0.25, 0.3) is 10.0 Å². The molecule has 7 nitrogen and oxygen atoms in total. The maximum absolute atomic E-state index is 12.4. The van der Waals surface area contributed by atoms with Crippen LogP contribution in [0.2, 0.25) is 0 Å². The second-order valence-corrected chi connectivity index (χ2v) is 8.84. The minimum atomic E-state index is -3.62. The maximum Gasteiger partial charge on any atom is 0.286 e. The lowest BCUT2D eigenvalue weighted by Gasteiger charge is -2.35. The Labute approximate surface area is 172 Å². The predicted molar refractivity (Wildman–Crippen MR) is 114 cm³/mol. The summed E-state index contributed by atoms with van der Waals surface area (Å²) in [6.45, 7) is 7.68. The molecule has 1 saturated heterocycles. The molecule has 0 saturated carbocycles. The number of amidine groups is 1. The van der Waals surface area contributed by atoms with Crippen molar-refractivity contribution in [1.82, 2.24) is 9.80 Å². The molecular weight excluding hydrogens is 388 g/mol. The molecule has 8 heteroatoms. The Morgan fingerprint density at radius 2 is 1.62 bits per heavy atom. The van der Waals surface area contributed by atoms with Crippen LogP contribution in [0.1, 0.15) is 12.5 Å². The van der Waals surface area contributed by atoms with Gasteiger partial charge in [-0.1, -0.05) is 24.3 Å². The van der Waals surface area contributed by atoms with Crippen molar-refractivity contribution in [2.24, 2.45) is 4.40 Å². The van der Waals surface area contributed by atoms with Gasteiger partial charge in [0.15, 0.2) is 0 Å². The summed E-state index contributed by atoms with van der Waals surface area (Å²) in [5.74, 6) is 1.39. The number of para-hydroxylation sites is 1. The topological polar surface area (TPSA) is 74.2 Å². The van der Waals surface area contributed by atoms with E-state index >= 15 is 0 Å². The minimum absolute atomic E-state index is 0.240. The van der Waals surface area contributed by atoms with Gasteiger partial charge in [-0.3, -0.25) is 9.80 Å². The number of ether oxygens (including phenoxy) is 1. The second-order valence-electron chi connectivity index (χ2n) is 7.26. The van der Waals surface area contributed by atoms with Gasteiger partial charge >= 0.3 is 0 Å². The molecule has 4 rings (SSSR count). The fourth-order valence-electron chi connectivity index (χ4n) is 3.67. The number of fused-ring (bicyclic) bond motifs is 1. The van der Waals surface area contributed by atoms with E-state index in [0.717, 1.165) is 38.5 Å². The van der Waals surface area contributed by atoms with Crippen LogP contribution in [0.5, 0.6) is 5.75 Å². The van der Waals surface area contributed by atoms with Crippen molar-refractivity contribution < 1.29 is 13.2 Å². The molecule has 1 N–H and O–H groups in total. The van der Waals surface area contributed by atoms with Gasteiger partial charge in [0, 0.05) is 32.7 Å². The molecule has 2 aliphatic rings. The van der Waals surface area contributed by atoms with Gasteiger partial charge in [-0.25, -0.2) is 0 Å². The smallest absolute Gasteiger partial charge is 0.286 e. The maximum atomic E-state index is 12.4. The molecule has 2 aromatic rings. The Morgan fingerprint density at radius 1 is 0.966 bits per heavy atom. The average Bonchev–Trinajstić information content (AvgIpc) is 2.71. The van der Waals surface area contributed by atoms with Crippen LogP contribution in [0, 0.1) is 0 Å². The van der Waals surface area contributed by atoms with Crippen molar-refractivity contribution >= 4 is 21.5 Å². The zero-order chi connectivity index (χ0) is 20.3. The summed E-state index contributed by atoms with van der Waals surface area (Å²) in [7, 11) is -3.62. The van der Waals surface area contributed by atoms with Crippen molar-refractivity contribution in [3.05, 3.63) is 54.1 Å². The quantitative estimate of drug-likeness (QED) is 0.783. The highest BCUT2D eigenvalue weighted by Gasteiger charge is 2.26.